The molecule has 0 fully saturated rings. The molecule has 8 heteroatoms. The zero-order valence-corrected chi connectivity index (χ0v) is 21.6. The van der Waals surface area contributed by atoms with E-state index in [2.05, 4.69) is 60.6 Å². The Hall–Kier alpha value is -3.91. The number of nitrogens with two attached hydrogens (primary N) is 1. The predicted molar refractivity (Wildman–Crippen MR) is 145 cm³/mol. The van der Waals surface area contributed by atoms with E-state index in [9.17, 15) is 9.59 Å². The highest BCUT2D eigenvalue weighted by Crippen LogP contribution is 2.30. The lowest BCUT2D eigenvalue weighted by Gasteiger charge is -2.19. The average Bonchev–Trinajstić information content (AvgIpc) is 3.27. The highest BCUT2D eigenvalue weighted by molar-refractivity contribution is 7.99. The number of rotatable bonds is 7. The van der Waals surface area contributed by atoms with Crippen molar-refractivity contribution >= 4 is 29.3 Å². The molecule has 0 aliphatic carbocycles. The van der Waals surface area contributed by atoms with Gasteiger partial charge in [-0.25, -0.2) is 0 Å². The van der Waals surface area contributed by atoms with E-state index in [0.717, 1.165) is 16.8 Å². The van der Waals surface area contributed by atoms with Crippen LogP contribution in [0.15, 0.2) is 78.0 Å². The minimum absolute atomic E-state index is 0.0533. The number of thioether (sulfide) groups is 1. The molecule has 0 unspecified atom stereocenters. The van der Waals surface area contributed by atoms with E-state index in [-0.39, 0.29) is 17.1 Å². The first-order valence-corrected chi connectivity index (χ1v) is 12.6. The van der Waals surface area contributed by atoms with Crippen molar-refractivity contribution in [1.82, 2.24) is 14.8 Å². The van der Waals surface area contributed by atoms with Crippen molar-refractivity contribution in [2.75, 3.05) is 11.1 Å². The lowest BCUT2D eigenvalue weighted by atomic mass is 9.87. The molecule has 0 aliphatic rings. The lowest BCUT2D eigenvalue weighted by molar-refractivity contribution is -0.113. The van der Waals surface area contributed by atoms with Crippen molar-refractivity contribution in [2.24, 2.45) is 5.73 Å². The van der Waals surface area contributed by atoms with E-state index in [4.69, 9.17) is 5.73 Å². The number of carbonyl (C=O) groups excluding carboxylic acids is 2. The second-order valence-electron chi connectivity index (χ2n) is 9.58. The van der Waals surface area contributed by atoms with Gasteiger partial charge in [-0.3, -0.25) is 14.2 Å². The molecule has 0 atom stereocenters. The molecule has 0 saturated carbocycles. The Morgan fingerprint density at radius 1 is 0.917 bits per heavy atom. The van der Waals surface area contributed by atoms with Gasteiger partial charge in [-0.15, -0.1) is 10.2 Å². The average molecular weight is 500 g/mol. The van der Waals surface area contributed by atoms with Crippen LogP contribution in [0, 0.1) is 6.92 Å². The normalized spacial score (nSPS) is 11.3. The molecule has 184 valence electrons. The lowest BCUT2D eigenvalue weighted by Crippen LogP contribution is -2.15. The molecular weight excluding hydrogens is 470 g/mol. The number of nitrogens with one attached hydrogen (secondary N) is 1. The largest absolute Gasteiger partial charge is 0.366 e. The van der Waals surface area contributed by atoms with Gasteiger partial charge in [0.15, 0.2) is 11.0 Å². The van der Waals surface area contributed by atoms with Crippen molar-refractivity contribution in [3.05, 3.63) is 89.5 Å². The molecule has 7 nitrogen and oxygen atoms in total. The van der Waals surface area contributed by atoms with Crippen molar-refractivity contribution in [3.63, 3.8) is 0 Å². The summed E-state index contributed by atoms with van der Waals surface area (Å²) in [5, 5.41) is 12.4. The van der Waals surface area contributed by atoms with Crippen LogP contribution in [0.5, 0.6) is 0 Å². The Balaban J connectivity index is 1.57. The Labute approximate surface area is 215 Å². The predicted octanol–water partition coefficient (Wildman–Crippen LogP) is 5.37. The van der Waals surface area contributed by atoms with Gasteiger partial charge in [0.25, 0.3) is 0 Å². The van der Waals surface area contributed by atoms with Crippen LogP contribution < -0.4 is 11.1 Å². The maximum atomic E-state index is 12.6. The standard InChI is InChI=1S/C28H29N5O2S/c1-18-5-15-23(16-6-18)33-26(20-7-11-21(12-8-20)28(2,3)4)31-32-27(33)36-17-24(34)30-22-13-9-19(10-14-22)25(29)35/h5-16H,17H2,1-4H3,(H2,29,35)(H,30,34). The van der Waals surface area contributed by atoms with Crippen LogP contribution >= 0.6 is 11.8 Å². The zero-order valence-electron chi connectivity index (χ0n) is 20.8. The van der Waals surface area contributed by atoms with Crippen LogP contribution in [0.2, 0.25) is 0 Å². The molecule has 4 aromatic rings. The Kier molecular flexibility index (Phi) is 7.26. The molecule has 4 rings (SSSR count). The molecular formula is C28H29N5O2S. The van der Waals surface area contributed by atoms with Gasteiger partial charge < -0.3 is 11.1 Å². The number of benzene rings is 3. The minimum atomic E-state index is -0.511. The summed E-state index contributed by atoms with van der Waals surface area (Å²) in [5.74, 6) is 0.151. The third-order valence-electron chi connectivity index (χ3n) is 5.72. The van der Waals surface area contributed by atoms with E-state index in [0.29, 0.717) is 22.2 Å². The fourth-order valence-electron chi connectivity index (χ4n) is 3.64. The minimum Gasteiger partial charge on any atom is -0.366 e. The third kappa shape index (κ3) is 5.83. The van der Waals surface area contributed by atoms with Crippen LogP contribution in [-0.2, 0) is 10.2 Å². The number of carbonyl (C=O) groups is 2. The van der Waals surface area contributed by atoms with Gasteiger partial charge >= 0.3 is 0 Å². The Morgan fingerprint density at radius 2 is 1.56 bits per heavy atom. The van der Waals surface area contributed by atoms with Gasteiger partial charge in [0.2, 0.25) is 11.8 Å². The van der Waals surface area contributed by atoms with Gasteiger partial charge in [-0.1, -0.05) is 74.5 Å². The van der Waals surface area contributed by atoms with Crippen LogP contribution in [0.1, 0.15) is 42.3 Å². The molecule has 0 aliphatic heterocycles. The summed E-state index contributed by atoms with van der Waals surface area (Å²) in [6.45, 7) is 8.59. The van der Waals surface area contributed by atoms with E-state index in [1.807, 2.05) is 35.8 Å². The van der Waals surface area contributed by atoms with Crippen LogP contribution in [0.4, 0.5) is 5.69 Å². The number of anilines is 1. The van der Waals surface area contributed by atoms with Crippen molar-refractivity contribution in [3.8, 4) is 17.1 Å². The molecule has 3 N–H and O–H groups in total. The summed E-state index contributed by atoms with van der Waals surface area (Å²) < 4.78 is 1.98. The van der Waals surface area contributed by atoms with Gasteiger partial charge in [0, 0.05) is 22.5 Å². The topological polar surface area (TPSA) is 103 Å². The number of amides is 2. The number of hydrogen-bond acceptors (Lipinski definition) is 5. The van der Waals surface area contributed by atoms with Crippen LogP contribution in [0.25, 0.3) is 17.1 Å². The second kappa shape index (κ2) is 10.4. The first-order chi connectivity index (χ1) is 17.1. The molecule has 0 radical (unpaired) electrons. The number of nitrogens with zero attached hydrogens (tertiary/aromatic N) is 3. The van der Waals surface area contributed by atoms with Gasteiger partial charge in [-0.05, 0) is 54.3 Å². The summed E-state index contributed by atoms with van der Waals surface area (Å²) in [6, 6.07) is 22.9. The van der Waals surface area contributed by atoms with Crippen LogP contribution in [-0.4, -0.2) is 32.3 Å². The molecule has 1 aromatic heterocycles. The van der Waals surface area contributed by atoms with E-state index >= 15 is 0 Å². The van der Waals surface area contributed by atoms with E-state index < -0.39 is 5.91 Å². The summed E-state index contributed by atoms with van der Waals surface area (Å²) >= 11 is 1.31. The smallest absolute Gasteiger partial charge is 0.248 e. The van der Waals surface area contributed by atoms with Gasteiger partial charge in [0.05, 0.1) is 5.75 Å². The zero-order chi connectivity index (χ0) is 25.9. The summed E-state index contributed by atoms with van der Waals surface area (Å²) in [5.41, 5.74) is 10.6. The molecule has 1 heterocycles. The van der Waals surface area contributed by atoms with Crippen molar-refractivity contribution in [1.29, 1.82) is 0 Å². The number of aromatic nitrogens is 3. The summed E-state index contributed by atoms with van der Waals surface area (Å²) in [4.78, 5) is 23.9. The molecule has 0 saturated heterocycles. The fourth-order valence-corrected chi connectivity index (χ4v) is 4.39. The molecule has 3 aromatic carbocycles. The maximum Gasteiger partial charge on any atom is 0.248 e. The number of primary amides is 1. The van der Waals surface area contributed by atoms with Crippen LogP contribution in [0.3, 0.4) is 0 Å². The van der Waals surface area contributed by atoms with Crippen molar-refractivity contribution < 1.29 is 9.59 Å². The van der Waals surface area contributed by atoms with E-state index in [1.165, 1.54) is 17.3 Å². The molecule has 0 spiro atoms. The van der Waals surface area contributed by atoms with Crippen molar-refractivity contribution in [2.45, 2.75) is 38.3 Å². The fraction of sp³-hybridized carbons (Fsp3) is 0.214. The second-order valence-corrected chi connectivity index (χ2v) is 10.5. The first-order valence-electron chi connectivity index (χ1n) is 11.6. The Morgan fingerprint density at radius 3 is 2.14 bits per heavy atom. The summed E-state index contributed by atoms with van der Waals surface area (Å²) in [7, 11) is 0. The number of hydrogen-bond donors (Lipinski definition) is 2. The summed E-state index contributed by atoms with van der Waals surface area (Å²) in [6.07, 6.45) is 0. The molecule has 2 amide bonds. The van der Waals surface area contributed by atoms with Gasteiger partial charge in [0.1, 0.15) is 0 Å². The van der Waals surface area contributed by atoms with Gasteiger partial charge in [-0.2, -0.15) is 0 Å². The quantitative estimate of drug-likeness (QED) is 0.333. The highest BCUT2D eigenvalue weighted by Gasteiger charge is 2.19. The Bertz CT molecular complexity index is 1370. The van der Waals surface area contributed by atoms with E-state index in [1.54, 1.807) is 24.3 Å². The molecule has 36 heavy (non-hydrogen) atoms. The SMILES string of the molecule is Cc1ccc(-n2c(SCC(=O)Nc3ccc(C(N)=O)cc3)nnc2-c2ccc(C(C)(C)C)cc2)cc1. The monoisotopic (exact) mass is 499 g/mol. The maximum absolute atomic E-state index is 12.6. The third-order valence-corrected chi connectivity index (χ3v) is 6.65. The molecule has 0 bridgehead atoms. The number of aryl methyl sites for hydroxylation is 1. The highest BCUT2D eigenvalue weighted by atomic mass is 32.2. The first kappa shape index (κ1) is 25.2.